The molecule has 0 aliphatic heterocycles. The van der Waals surface area contributed by atoms with Crippen LogP contribution in [0.15, 0.2) is 46.9 Å². The predicted molar refractivity (Wildman–Crippen MR) is 105 cm³/mol. The third-order valence-electron chi connectivity index (χ3n) is 4.35. The van der Waals surface area contributed by atoms with Gasteiger partial charge in [-0.2, -0.15) is 0 Å². The van der Waals surface area contributed by atoms with E-state index < -0.39 is 0 Å². The highest BCUT2D eigenvalue weighted by atomic mass is 32.2. The SMILES string of the molecule is C=CCSc1nc2sc3c(c2c(=O)n1-c1cccc(OC)c1)CCC3. The van der Waals surface area contributed by atoms with Crippen LogP contribution in [0.4, 0.5) is 0 Å². The largest absolute Gasteiger partial charge is 0.497 e. The molecule has 6 heteroatoms. The van der Waals surface area contributed by atoms with Crippen LogP contribution in [0, 0.1) is 0 Å². The number of rotatable bonds is 5. The zero-order valence-corrected chi connectivity index (χ0v) is 15.6. The van der Waals surface area contributed by atoms with Crippen LogP contribution < -0.4 is 10.3 Å². The molecule has 0 N–H and O–H groups in total. The zero-order valence-electron chi connectivity index (χ0n) is 13.9. The van der Waals surface area contributed by atoms with Gasteiger partial charge in [0.15, 0.2) is 5.16 Å². The normalized spacial score (nSPS) is 13.2. The minimum atomic E-state index is 0.0178. The quantitative estimate of drug-likeness (QED) is 0.383. The van der Waals surface area contributed by atoms with Crippen molar-refractivity contribution in [2.75, 3.05) is 12.9 Å². The van der Waals surface area contributed by atoms with Crippen LogP contribution in [-0.4, -0.2) is 22.4 Å². The Hall–Kier alpha value is -2.05. The lowest BCUT2D eigenvalue weighted by molar-refractivity contribution is 0.414. The molecule has 1 aliphatic rings. The summed E-state index contributed by atoms with van der Waals surface area (Å²) in [6.45, 7) is 3.78. The molecule has 128 valence electrons. The van der Waals surface area contributed by atoms with Gasteiger partial charge < -0.3 is 4.74 Å². The lowest BCUT2D eigenvalue weighted by atomic mass is 10.2. The van der Waals surface area contributed by atoms with Gasteiger partial charge in [-0.3, -0.25) is 9.36 Å². The maximum absolute atomic E-state index is 13.4. The predicted octanol–water partition coefficient (Wildman–Crippen LogP) is 4.22. The Bertz CT molecular complexity index is 1020. The van der Waals surface area contributed by atoms with Crippen LogP contribution in [0.3, 0.4) is 0 Å². The van der Waals surface area contributed by atoms with Gasteiger partial charge in [0.1, 0.15) is 10.6 Å². The number of hydrogen-bond acceptors (Lipinski definition) is 5. The summed E-state index contributed by atoms with van der Waals surface area (Å²) in [6, 6.07) is 7.56. The molecule has 0 bridgehead atoms. The van der Waals surface area contributed by atoms with E-state index in [0.717, 1.165) is 40.9 Å². The molecule has 25 heavy (non-hydrogen) atoms. The van der Waals surface area contributed by atoms with Crippen molar-refractivity contribution in [2.45, 2.75) is 24.4 Å². The topological polar surface area (TPSA) is 44.1 Å². The number of ether oxygens (including phenoxy) is 1. The fourth-order valence-electron chi connectivity index (χ4n) is 3.23. The van der Waals surface area contributed by atoms with Crippen LogP contribution in [0.5, 0.6) is 5.75 Å². The molecule has 0 spiro atoms. The smallest absolute Gasteiger partial charge is 0.267 e. The summed E-state index contributed by atoms with van der Waals surface area (Å²) >= 11 is 3.20. The van der Waals surface area contributed by atoms with Crippen molar-refractivity contribution in [3.05, 3.63) is 57.7 Å². The van der Waals surface area contributed by atoms with Crippen LogP contribution in [0.1, 0.15) is 16.9 Å². The molecule has 0 atom stereocenters. The van der Waals surface area contributed by atoms with Crippen LogP contribution in [0.2, 0.25) is 0 Å². The van der Waals surface area contributed by atoms with E-state index in [1.165, 1.54) is 22.2 Å². The molecule has 1 aliphatic carbocycles. The second-order valence-corrected chi connectivity index (χ2v) is 7.94. The summed E-state index contributed by atoms with van der Waals surface area (Å²) in [5, 5.41) is 1.49. The maximum atomic E-state index is 13.4. The summed E-state index contributed by atoms with van der Waals surface area (Å²) in [4.78, 5) is 20.4. The second kappa shape index (κ2) is 6.69. The van der Waals surface area contributed by atoms with Crippen LogP contribution in [0.25, 0.3) is 15.9 Å². The number of benzene rings is 1. The maximum Gasteiger partial charge on any atom is 0.267 e. The zero-order chi connectivity index (χ0) is 17.4. The number of aryl methyl sites for hydroxylation is 2. The molecular weight excluding hydrogens is 352 g/mol. The number of thiophene rings is 1. The second-order valence-electron chi connectivity index (χ2n) is 5.87. The minimum Gasteiger partial charge on any atom is -0.497 e. The highest BCUT2D eigenvalue weighted by Gasteiger charge is 2.23. The first kappa shape index (κ1) is 16.4. The Labute approximate surface area is 154 Å². The average molecular weight is 370 g/mol. The van der Waals surface area contributed by atoms with Gasteiger partial charge in [0.25, 0.3) is 5.56 Å². The Kier molecular flexibility index (Phi) is 4.39. The first-order valence-electron chi connectivity index (χ1n) is 8.18. The first-order chi connectivity index (χ1) is 12.2. The molecule has 0 amide bonds. The van der Waals surface area contributed by atoms with E-state index in [-0.39, 0.29) is 5.56 Å². The van der Waals surface area contributed by atoms with Crippen LogP contribution >= 0.6 is 23.1 Å². The van der Waals surface area contributed by atoms with E-state index in [2.05, 4.69) is 6.58 Å². The molecule has 3 aromatic rings. The fraction of sp³-hybridized carbons (Fsp3) is 0.263. The molecule has 2 aromatic heterocycles. The van der Waals surface area contributed by atoms with E-state index in [0.29, 0.717) is 10.9 Å². The van der Waals surface area contributed by atoms with Crippen molar-refractivity contribution in [1.82, 2.24) is 9.55 Å². The first-order valence-corrected chi connectivity index (χ1v) is 9.98. The Morgan fingerprint density at radius 1 is 1.44 bits per heavy atom. The lowest BCUT2D eigenvalue weighted by Crippen LogP contribution is -2.22. The average Bonchev–Trinajstić information content (AvgIpc) is 3.20. The van der Waals surface area contributed by atoms with Gasteiger partial charge in [-0.05, 0) is 37.0 Å². The third-order valence-corrected chi connectivity index (χ3v) is 6.47. The number of methoxy groups -OCH3 is 1. The van der Waals surface area contributed by atoms with Gasteiger partial charge in [0, 0.05) is 16.7 Å². The van der Waals surface area contributed by atoms with Gasteiger partial charge >= 0.3 is 0 Å². The molecule has 0 saturated heterocycles. The molecule has 0 fully saturated rings. The molecule has 1 aromatic carbocycles. The number of nitrogens with zero attached hydrogens (tertiary/aromatic N) is 2. The van der Waals surface area contributed by atoms with Crippen molar-refractivity contribution >= 4 is 33.3 Å². The minimum absolute atomic E-state index is 0.0178. The van der Waals surface area contributed by atoms with E-state index in [9.17, 15) is 4.79 Å². The van der Waals surface area contributed by atoms with Crippen LogP contribution in [-0.2, 0) is 12.8 Å². The van der Waals surface area contributed by atoms with Gasteiger partial charge in [-0.25, -0.2) is 4.98 Å². The summed E-state index contributed by atoms with van der Waals surface area (Å²) in [5.74, 6) is 1.42. The number of aromatic nitrogens is 2. The Morgan fingerprint density at radius 3 is 3.12 bits per heavy atom. The molecule has 2 heterocycles. The molecule has 0 unspecified atom stereocenters. The summed E-state index contributed by atoms with van der Waals surface area (Å²) < 4.78 is 7.04. The molecule has 0 radical (unpaired) electrons. The van der Waals surface area contributed by atoms with E-state index in [1.54, 1.807) is 23.0 Å². The highest BCUT2D eigenvalue weighted by Crippen LogP contribution is 2.36. The van der Waals surface area contributed by atoms with Gasteiger partial charge in [-0.1, -0.05) is 23.9 Å². The lowest BCUT2D eigenvalue weighted by Gasteiger charge is -2.12. The van der Waals surface area contributed by atoms with Crippen molar-refractivity contribution in [3.8, 4) is 11.4 Å². The van der Waals surface area contributed by atoms with Gasteiger partial charge in [0.2, 0.25) is 0 Å². The number of fused-ring (bicyclic) bond motifs is 3. The summed E-state index contributed by atoms with van der Waals surface area (Å²) in [5.41, 5.74) is 2.00. The van der Waals surface area contributed by atoms with Gasteiger partial charge in [-0.15, -0.1) is 17.9 Å². The van der Waals surface area contributed by atoms with Crippen molar-refractivity contribution in [2.24, 2.45) is 0 Å². The molecular formula is C19H18N2O2S2. The van der Waals surface area contributed by atoms with E-state index in [1.807, 2.05) is 30.3 Å². The van der Waals surface area contributed by atoms with Crippen molar-refractivity contribution in [1.29, 1.82) is 0 Å². The third kappa shape index (κ3) is 2.79. The summed E-state index contributed by atoms with van der Waals surface area (Å²) in [7, 11) is 1.63. The molecule has 4 rings (SSSR count). The number of thioether (sulfide) groups is 1. The summed E-state index contributed by atoms with van der Waals surface area (Å²) in [6.07, 6.45) is 4.99. The number of hydrogen-bond donors (Lipinski definition) is 0. The van der Waals surface area contributed by atoms with Gasteiger partial charge in [0.05, 0.1) is 18.2 Å². The van der Waals surface area contributed by atoms with E-state index >= 15 is 0 Å². The monoisotopic (exact) mass is 370 g/mol. The fourth-order valence-corrected chi connectivity index (χ4v) is 5.28. The van der Waals surface area contributed by atoms with E-state index in [4.69, 9.17) is 9.72 Å². The molecule has 0 saturated carbocycles. The standard InChI is InChI=1S/C19H18N2O2S2/c1-3-10-24-19-20-17-16(14-8-5-9-15(14)25-17)18(22)21(19)12-6-4-7-13(11-12)23-2/h3-4,6-7,11H,1,5,8-10H2,2H3. The molecule has 4 nitrogen and oxygen atoms in total. The van der Waals surface area contributed by atoms with Crippen molar-refractivity contribution < 1.29 is 4.74 Å². The Balaban J connectivity index is 2.00. The highest BCUT2D eigenvalue weighted by molar-refractivity contribution is 7.99. The Morgan fingerprint density at radius 2 is 2.32 bits per heavy atom. The van der Waals surface area contributed by atoms with Crippen molar-refractivity contribution in [3.63, 3.8) is 0 Å².